The van der Waals surface area contributed by atoms with Crippen molar-refractivity contribution in [2.75, 3.05) is 78.4 Å². The molecule has 1 saturated heterocycles. The molecule has 2 aromatic heterocycles. The summed E-state index contributed by atoms with van der Waals surface area (Å²) < 4.78 is 37.8. The van der Waals surface area contributed by atoms with Gasteiger partial charge in [0.1, 0.15) is 36.3 Å². The van der Waals surface area contributed by atoms with Crippen molar-refractivity contribution in [2.24, 2.45) is 9.98 Å². The van der Waals surface area contributed by atoms with Gasteiger partial charge in [-0.3, -0.25) is 9.58 Å². The number of methoxy groups -OCH3 is 1. The number of allylic oxidation sites excluding steroid dienone is 1. The molecule has 0 unspecified atom stereocenters. The smallest absolute Gasteiger partial charge is 0.256 e. The highest BCUT2D eigenvalue weighted by atomic mass is 16.5. The lowest BCUT2D eigenvalue weighted by Gasteiger charge is -2.38. The van der Waals surface area contributed by atoms with E-state index < -0.39 is 0 Å². The average Bonchev–Trinajstić information content (AvgIpc) is 3.87. The first-order valence-corrected chi connectivity index (χ1v) is 18.7. The van der Waals surface area contributed by atoms with Crippen molar-refractivity contribution in [3.63, 3.8) is 0 Å². The van der Waals surface area contributed by atoms with Gasteiger partial charge in [-0.05, 0) is 69.5 Å². The van der Waals surface area contributed by atoms with Crippen LogP contribution in [0.4, 0.5) is 5.69 Å². The van der Waals surface area contributed by atoms with Crippen molar-refractivity contribution in [1.82, 2.24) is 29.4 Å². The standard InChI is InChI=1S/C38H54N10O6/c1-29(31-6-7-32(23-39)36(22-31)54-30(2)25-47-28-41-27-43-47)24-42-38(40-3)44-35-26-48(34-10-8-33(9-11-34)46-12-16-51-17-13-46)45-37(35)53-15-5-14-50-20-21-52-19-18-49-4/h6-7,22,24,26-28,30,33-34H,3,5,8-21,25H2,1-2,4H3,(H,42,44)/b29-24+/t30-,33?,34?/m0/s1. The highest BCUT2D eigenvalue weighted by Gasteiger charge is 2.29. The summed E-state index contributed by atoms with van der Waals surface area (Å²) in [6, 6.07) is 8.50. The Bertz CT molecular complexity index is 1670. The van der Waals surface area contributed by atoms with E-state index in [1.807, 2.05) is 36.9 Å². The monoisotopic (exact) mass is 746 g/mol. The van der Waals surface area contributed by atoms with Gasteiger partial charge in [0, 0.05) is 45.5 Å². The fourth-order valence-corrected chi connectivity index (χ4v) is 6.45. The van der Waals surface area contributed by atoms with Crippen LogP contribution in [0.1, 0.15) is 63.1 Å². The van der Waals surface area contributed by atoms with Crippen LogP contribution in [0.3, 0.4) is 0 Å². The number of aliphatic imine (C=N–C) groups is 2. The number of morpholine rings is 1. The molecule has 54 heavy (non-hydrogen) atoms. The Morgan fingerprint density at radius 3 is 2.57 bits per heavy atom. The highest BCUT2D eigenvalue weighted by Crippen LogP contribution is 2.34. The Hall–Kier alpha value is -4.66. The van der Waals surface area contributed by atoms with E-state index in [4.69, 9.17) is 33.5 Å². The molecule has 1 aliphatic heterocycles. The zero-order chi connectivity index (χ0) is 38.0. The lowest BCUT2D eigenvalue weighted by atomic mass is 9.90. The second-order valence-corrected chi connectivity index (χ2v) is 13.3. The lowest BCUT2D eigenvalue weighted by molar-refractivity contribution is 0.00502. The predicted octanol–water partition coefficient (Wildman–Crippen LogP) is 4.61. The molecule has 0 bridgehead atoms. The Labute approximate surface area is 317 Å². The van der Waals surface area contributed by atoms with Crippen LogP contribution in [-0.4, -0.2) is 127 Å². The van der Waals surface area contributed by atoms with Crippen LogP contribution in [0.15, 0.2) is 53.2 Å². The molecule has 0 amide bonds. The number of nitrogens with one attached hydrogen (secondary N) is 1. The van der Waals surface area contributed by atoms with Gasteiger partial charge in [-0.2, -0.15) is 10.4 Å². The summed E-state index contributed by atoms with van der Waals surface area (Å²) in [5.41, 5.74) is 2.78. The Morgan fingerprint density at radius 1 is 1.09 bits per heavy atom. The summed E-state index contributed by atoms with van der Waals surface area (Å²) in [5, 5.41) is 22.0. The molecule has 1 aliphatic carbocycles. The van der Waals surface area contributed by atoms with E-state index in [1.54, 1.807) is 30.4 Å². The van der Waals surface area contributed by atoms with Crippen LogP contribution in [0, 0.1) is 11.3 Å². The maximum atomic E-state index is 9.72. The van der Waals surface area contributed by atoms with Crippen LogP contribution in [0.25, 0.3) is 5.57 Å². The van der Waals surface area contributed by atoms with Crippen LogP contribution < -0.4 is 14.8 Å². The normalized spacial score (nSPS) is 18.9. The molecular formula is C38H54N10O6. The van der Waals surface area contributed by atoms with E-state index in [0.29, 0.717) is 81.5 Å². The van der Waals surface area contributed by atoms with Gasteiger partial charge in [-0.1, -0.05) is 6.07 Å². The molecule has 3 aromatic rings. The first-order valence-electron chi connectivity index (χ1n) is 18.7. The maximum Gasteiger partial charge on any atom is 0.256 e. The molecule has 16 nitrogen and oxygen atoms in total. The second kappa shape index (κ2) is 21.9. The summed E-state index contributed by atoms with van der Waals surface area (Å²) in [5.74, 6) is 1.24. The minimum absolute atomic E-state index is 0.243. The molecule has 292 valence electrons. The maximum absolute atomic E-state index is 9.72. The average molecular weight is 747 g/mol. The van der Waals surface area contributed by atoms with Gasteiger partial charge in [0.15, 0.2) is 0 Å². The Kier molecular flexibility index (Phi) is 16.4. The first-order chi connectivity index (χ1) is 26.5. The molecule has 0 spiro atoms. The molecule has 5 rings (SSSR count). The van der Waals surface area contributed by atoms with Gasteiger partial charge in [-0.25, -0.2) is 19.7 Å². The predicted molar refractivity (Wildman–Crippen MR) is 205 cm³/mol. The van der Waals surface area contributed by atoms with Gasteiger partial charge < -0.3 is 33.7 Å². The summed E-state index contributed by atoms with van der Waals surface area (Å²) in [6.45, 7) is 14.8. The van der Waals surface area contributed by atoms with Gasteiger partial charge in [0.2, 0.25) is 5.96 Å². The first kappa shape index (κ1) is 40.5. The molecule has 1 atom stereocenters. The highest BCUT2D eigenvalue weighted by molar-refractivity contribution is 5.97. The number of nitrogens with zero attached hydrogens (tertiary/aromatic N) is 9. The number of nitriles is 1. The van der Waals surface area contributed by atoms with Crippen molar-refractivity contribution in [2.45, 2.75) is 70.7 Å². The van der Waals surface area contributed by atoms with Gasteiger partial charge >= 0.3 is 0 Å². The minimum atomic E-state index is -0.243. The Morgan fingerprint density at radius 2 is 1.85 bits per heavy atom. The molecule has 1 saturated carbocycles. The third-order valence-corrected chi connectivity index (χ3v) is 9.35. The van der Waals surface area contributed by atoms with Gasteiger partial charge in [0.25, 0.3) is 5.88 Å². The van der Waals surface area contributed by atoms with Gasteiger partial charge in [-0.15, -0.1) is 5.10 Å². The molecule has 0 radical (unpaired) electrons. The van der Waals surface area contributed by atoms with Crippen molar-refractivity contribution < 1.29 is 28.4 Å². The van der Waals surface area contributed by atoms with Crippen LogP contribution in [-0.2, 0) is 25.5 Å². The number of hydrogen-bond donors (Lipinski definition) is 1. The number of ether oxygens (including phenoxy) is 6. The summed E-state index contributed by atoms with van der Waals surface area (Å²) in [7, 11) is 1.65. The van der Waals surface area contributed by atoms with Crippen LogP contribution >= 0.6 is 0 Å². The van der Waals surface area contributed by atoms with E-state index in [0.717, 1.165) is 63.1 Å². The van der Waals surface area contributed by atoms with E-state index >= 15 is 0 Å². The third kappa shape index (κ3) is 12.5. The van der Waals surface area contributed by atoms with Crippen LogP contribution in [0.5, 0.6) is 11.6 Å². The number of aromatic nitrogens is 5. The number of rotatable bonds is 20. The number of hydrogen-bond acceptors (Lipinski definition) is 12. The number of benzene rings is 1. The SMILES string of the molecule is C=NC(=N/C=C(\C)c1ccc(C#N)c(O[C@@H](C)Cn2cncn2)c1)Nc1cn(C2CCC(N3CCOCC3)CC2)nc1OCCCOCCOCCOC. The zero-order valence-electron chi connectivity index (χ0n) is 31.8. The molecule has 1 aromatic carbocycles. The third-order valence-electron chi connectivity index (χ3n) is 9.35. The fraction of sp³-hybridized carbons (Fsp3) is 0.579. The van der Waals surface area contributed by atoms with Crippen molar-refractivity contribution in [1.29, 1.82) is 5.26 Å². The zero-order valence-corrected chi connectivity index (χ0v) is 31.8. The van der Waals surface area contributed by atoms with Gasteiger partial charge in [0.05, 0.1) is 70.6 Å². The summed E-state index contributed by atoms with van der Waals surface area (Å²) in [4.78, 5) is 15.3. The fourth-order valence-electron chi connectivity index (χ4n) is 6.45. The largest absolute Gasteiger partial charge is 0.487 e. The van der Waals surface area contributed by atoms with E-state index in [9.17, 15) is 5.26 Å². The minimum Gasteiger partial charge on any atom is -0.487 e. The summed E-state index contributed by atoms with van der Waals surface area (Å²) >= 11 is 0. The Balaban J connectivity index is 1.24. The molecule has 1 N–H and O–H groups in total. The van der Waals surface area contributed by atoms with Crippen molar-refractivity contribution >= 4 is 23.9 Å². The quantitative estimate of drug-likeness (QED) is 0.0971. The van der Waals surface area contributed by atoms with Crippen molar-refractivity contribution in [3.05, 3.63) is 54.4 Å². The second-order valence-electron chi connectivity index (χ2n) is 13.3. The van der Waals surface area contributed by atoms with Crippen molar-refractivity contribution in [3.8, 4) is 17.7 Å². The lowest BCUT2D eigenvalue weighted by Crippen LogP contribution is -2.45. The van der Waals surface area contributed by atoms with E-state index in [1.165, 1.54) is 6.33 Å². The summed E-state index contributed by atoms with van der Waals surface area (Å²) in [6.07, 6.45) is 11.5. The van der Waals surface area contributed by atoms with Crippen LogP contribution in [0.2, 0.25) is 0 Å². The molecule has 3 heterocycles. The van der Waals surface area contributed by atoms with E-state index in [2.05, 4.69) is 43.1 Å². The molecule has 2 fully saturated rings. The van der Waals surface area contributed by atoms with E-state index in [-0.39, 0.29) is 18.1 Å². The number of guanidine groups is 1. The topological polar surface area (TPSA) is 168 Å². The number of anilines is 1. The molecule has 2 aliphatic rings. The molecule has 16 heteroatoms. The molecular weight excluding hydrogens is 692 g/mol.